The van der Waals surface area contributed by atoms with Crippen molar-refractivity contribution >= 4 is 5.82 Å². The van der Waals surface area contributed by atoms with E-state index in [9.17, 15) is 5.26 Å². The van der Waals surface area contributed by atoms with Gasteiger partial charge in [-0.2, -0.15) is 5.26 Å². The van der Waals surface area contributed by atoms with E-state index in [1.165, 1.54) is 12.8 Å². The molecule has 0 aliphatic carbocycles. The van der Waals surface area contributed by atoms with Crippen molar-refractivity contribution in [1.29, 1.82) is 5.26 Å². The van der Waals surface area contributed by atoms with Gasteiger partial charge >= 0.3 is 0 Å². The zero-order valence-electron chi connectivity index (χ0n) is 13.1. The Labute approximate surface area is 131 Å². The van der Waals surface area contributed by atoms with Gasteiger partial charge < -0.3 is 14.6 Å². The predicted octanol–water partition coefficient (Wildman–Crippen LogP) is 3.86. The van der Waals surface area contributed by atoms with Gasteiger partial charge in [0, 0.05) is 18.7 Å². The number of aromatic nitrogens is 1. The maximum absolute atomic E-state index is 9.56. The summed E-state index contributed by atoms with van der Waals surface area (Å²) in [5.74, 6) is 1.81. The van der Waals surface area contributed by atoms with Gasteiger partial charge in [0.1, 0.15) is 17.6 Å². The maximum Gasteiger partial charge on any atom is 0.128 e. The third-order valence-electron chi connectivity index (χ3n) is 4.22. The lowest BCUT2D eigenvalue weighted by molar-refractivity contribution is 0.341. The average molecular weight is 295 g/mol. The highest BCUT2D eigenvalue weighted by atomic mass is 16.5. The van der Waals surface area contributed by atoms with Gasteiger partial charge in [-0.15, -0.1) is 0 Å². The van der Waals surface area contributed by atoms with Crippen LogP contribution in [0.5, 0.6) is 5.75 Å². The molecule has 0 radical (unpaired) electrons. The second-order valence-corrected chi connectivity index (χ2v) is 5.58. The summed E-state index contributed by atoms with van der Waals surface area (Å²) in [6, 6.07) is 10.4. The van der Waals surface area contributed by atoms with Crippen molar-refractivity contribution in [2.45, 2.75) is 26.7 Å². The van der Waals surface area contributed by atoms with Crippen LogP contribution in [0.2, 0.25) is 0 Å². The van der Waals surface area contributed by atoms with Crippen LogP contribution >= 0.6 is 0 Å². The molecule has 4 heteroatoms. The molecule has 0 bridgehead atoms. The van der Waals surface area contributed by atoms with Gasteiger partial charge in [0.2, 0.25) is 0 Å². The number of anilines is 1. The molecule has 1 fully saturated rings. The molecule has 114 valence electrons. The molecule has 0 amide bonds. The van der Waals surface area contributed by atoms with E-state index in [1.54, 1.807) is 0 Å². The molecule has 0 saturated carbocycles. The predicted molar refractivity (Wildman–Crippen MR) is 88.3 cm³/mol. The number of benzene rings is 1. The van der Waals surface area contributed by atoms with Crippen LogP contribution in [-0.2, 0) is 0 Å². The smallest absolute Gasteiger partial charge is 0.128 e. The summed E-state index contributed by atoms with van der Waals surface area (Å²) in [6.45, 7) is 6.64. The summed E-state index contributed by atoms with van der Waals surface area (Å²) in [5.41, 5.74) is 3.76. The number of nitrogens with one attached hydrogen (secondary N) is 1. The second-order valence-electron chi connectivity index (χ2n) is 5.58. The minimum Gasteiger partial charge on any atom is -0.493 e. The molecule has 2 heterocycles. The first-order valence-electron chi connectivity index (χ1n) is 7.86. The minimum atomic E-state index is 0.626. The van der Waals surface area contributed by atoms with Gasteiger partial charge in [0.15, 0.2) is 0 Å². The Balaban J connectivity index is 2.10. The number of para-hydroxylation sites is 1. The van der Waals surface area contributed by atoms with Crippen molar-refractivity contribution in [2.24, 2.45) is 0 Å². The van der Waals surface area contributed by atoms with E-state index >= 15 is 0 Å². The third kappa shape index (κ3) is 2.43. The summed E-state index contributed by atoms with van der Waals surface area (Å²) in [4.78, 5) is 5.76. The molecule has 1 aliphatic heterocycles. The van der Waals surface area contributed by atoms with Crippen LogP contribution in [0.15, 0.2) is 24.3 Å². The van der Waals surface area contributed by atoms with E-state index in [1.807, 2.05) is 38.1 Å². The highest BCUT2D eigenvalue weighted by Gasteiger charge is 2.23. The first kappa shape index (κ1) is 14.5. The minimum absolute atomic E-state index is 0.626. The fourth-order valence-corrected chi connectivity index (χ4v) is 3.12. The Hall–Kier alpha value is -2.41. The van der Waals surface area contributed by atoms with E-state index in [-0.39, 0.29) is 0 Å². The monoisotopic (exact) mass is 295 g/mol. The van der Waals surface area contributed by atoms with Gasteiger partial charge in [-0.3, -0.25) is 0 Å². The Morgan fingerprint density at radius 1 is 1.27 bits per heavy atom. The number of hydrogen-bond acceptors (Lipinski definition) is 3. The number of aromatic amines is 1. The summed E-state index contributed by atoms with van der Waals surface area (Å²) in [5, 5.41) is 9.56. The fraction of sp³-hybridized carbons (Fsp3) is 0.389. The van der Waals surface area contributed by atoms with E-state index in [2.05, 4.69) is 16.0 Å². The van der Waals surface area contributed by atoms with Gasteiger partial charge in [-0.25, -0.2) is 0 Å². The van der Waals surface area contributed by atoms with Crippen molar-refractivity contribution in [3.05, 3.63) is 35.4 Å². The molecule has 1 aromatic heterocycles. The number of H-pyrrole nitrogens is 1. The molecule has 2 aromatic rings. The first-order chi connectivity index (χ1) is 10.8. The van der Waals surface area contributed by atoms with E-state index < -0.39 is 0 Å². The largest absolute Gasteiger partial charge is 0.493 e. The quantitative estimate of drug-likeness (QED) is 0.931. The lowest BCUT2D eigenvalue weighted by atomic mass is 10.1. The van der Waals surface area contributed by atoms with Crippen molar-refractivity contribution in [2.75, 3.05) is 24.6 Å². The van der Waals surface area contributed by atoms with Crippen LogP contribution in [0.25, 0.3) is 11.3 Å². The molecule has 0 atom stereocenters. The van der Waals surface area contributed by atoms with Crippen LogP contribution in [-0.4, -0.2) is 24.7 Å². The Morgan fingerprint density at radius 2 is 2.00 bits per heavy atom. The maximum atomic E-state index is 9.56. The van der Waals surface area contributed by atoms with Crippen molar-refractivity contribution in [3.63, 3.8) is 0 Å². The number of rotatable bonds is 4. The SMILES string of the molecule is CCOc1ccccc1-c1[nH]c(N2CCCC2)c(C#N)c1C. The van der Waals surface area contributed by atoms with Crippen molar-refractivity contribution < 1.29 is 4.74 Å². The van der Waals surface area contributed by atoms with E-state index in [0.29, 0.717) is 6.61 Å². The topological polar surface area (TPSA) is 52.0 Å². The highest BCUT2D eigenvalue weighted by molar-refractivity contribution is 5.77. The van der Waals surface area contributed by atoms with Gasteiger partial charge in [0.05, 0.1) is 17.9 Å². The van der Waals surface area contributed by atoms with E-state index in [0.717, 1.165) is 47.0 Å². The number of hydrogen-bond donors (Lipinski definition) is 1. The molecule has 0 spiro atoms. The molecule has 1 saturated heterocycles. The molecule has 0 unspecified atom stereocenters. The van der Waals surface area contributed by atoms with Gasteiger partial charge in [-0.05, 0) is 44.4 Å². The average Bonchev–Trinajstić information content (AvgIpc) is 3.16. The molecule has 1 aliphatic rings. The van der Waals surface area contributed by atoms with Crippen LogP contribution in [0.1, 0.15) is 30.9 Å². The third-order valence-corrected chi connectivity index (χ3v) is 4.22. The molecular formula is C18H21N3O. The Morgan fingerprint density at radius 3 is 2.68 bits per heavy atom. The summed E-state index contributed by atoms with van der Waals surface area (Å²) >= 11 is 0. The Kier molecular flexibility index (Phi) is 4.06. The zero-order chi connectivity index (χ0) is 15.5. The van der Waals surface area contributed by atoms with Gasteiger partial charge in [0.25, 0.3) is 0 Å². The number of nitriles is 1. The van der Waals surface area contributed by atoms with Crippen LogP contribution < -0.4 is 9.64 Å². The summed E-state index contributed by atoms with van der Waals surface area (Å²) in [6.07, 6.45) is 2.38. The normalized spacial score (nSPS) is 14.1. The standard InChI is InChI=1S/C18H21N3O/c1-3-22-16-9-5-4-8-14(16)17-13(2)15(12-19)18(20-17)21-10-6-7-11-21/h4-5,8-9,20H,3,6-7,10-11H2,1-2H3. The summed E-state index contributed by atoms with van der Waals surface area (Å²) in [7, 11) is 0. The van der Waals surface area contributed by atoms with E-state index in [4.69, 9.17) is 4.74 Å². The lowest BCUT2D eigenvalue weighted by Crippen LogP contribution is -2.19. The fourth-order valence-electron chi connectivity index (χ4n) is 3.12. The number of nitrogens with zero attached hydrogens (tertiary/aromatic N) is 2. The van der Waals surface area contributed by atoms with Crippen LogP contribution in [0, 0.1) is 18.3 Å². The van der Waals surface area contributed by atoms with Crippen molar-refractivity contribution in [3.8, 4) is 23.1 Å². The zero-order valence-corrected chi connectivity index (χ0v) is 13.1. The van der Waals surface area contributed by atoms with Crippen LogP contribution in [0.4, 0.5) is 5.82 Å². The second kappa shape index (κ2) is 6.15. The molecule has 4 nitrogen and oxygen atoms in total. The van der Waals surface area contributed by atoms with Crippen LogP contribution in [0.3, 0.4) is 0 Å². The van der Waals surface area contributed by atoms with Gasteiger partial charge in [-0.1, -0.05) is 12.1 Å². The number of ether oxygens (including phenoxy) is 1. The molecular weight excluding hydrogens is 274 g/mol. The molecule has 22 heavy (non-hydrogen) atoms. The summed E-state index contributed by atoms with van der Waals surface area (Å²) < 4.78 is 5.74. The first-order valence-corrected chi connectivity index (χ1v) is 7.86. The molecule has 1 aromatic carbocycles. The molecule has 1 N–H and O–H groups in total. The molecule has 3 rings (SSSR count). The lowest BCUT2D eigenvalue weighted by Gasteiger charge is -2.15. The highest BCUT2D eigenvalue weighted by Crippen LogP contribution is 2.37. The van der Waals surface area contributed by atoms with Crippen molar-refractivity contribution in [1.82, 2.24) is 4.98 Å². The Bertz CT molecular complexity index is 706.